The number of halogens is 1. The summed E-state index contributed by atoms with van der Waals surface area (Å²) in [6.07, 6.45) is 0.425. The van der Waals surface area contributed by atoms with Crippen LogP contribution in [0, 0.1) is 0 Å². The zero-order valence-electron chi connectivity index (χ0n) is 16.5. The van der Waals surface area contributed by atoms with Crippen LogP contribution in [0.3, 0.4) is 0 Å². The molecule has 7 heteroatoms. The van der Waals surface area contributed by atoms with Gasteiger partial charge < -0.3 is 19.4 Å². The summed E-state index contributed by atoms with van der Waals surface area (Å²) in [5.74, 6) is 0.0844. The molecule has 6 nitrogen and oxygen atoms in total. The largest absolute Gasteiger partial charge is 0.444 e. The number of carbonyl (C=O) groups is 2. The highest BCUT2D eigenvalue weighted by atomic mass is 79.9. The van der Waals surface area contributed by atoms with E-state index < -0.39 is 5.60 Å². The predicted molar refractivity (Wildman–Crippen MR) is 108 cm³/mol. The Labute approximate surface area is 169 Å². The van der Waals surface area contributed by atoms with Gasteiger partial charge in [-0.25, -0.2) is 4.79 Å². The predicted octanol–water partition coefficient (Wildman–Crippen LogP) is 3.13. The summed E-state index contributed by atoms with van der Waals surface area (Å²) in [6.45, 7) is 10.0. The van der Waals surface area contributed by atoms with Crippen LogP contribution in [0.5, 0.6) is 0 Å². The van der Waals surface area contributed by atoms with Crippen LogP contribution in [-0.4, -0.2) is 72.1 Å². The molecular weight excluding hydrogens is 410 g/mol. The van der Waals surface area contributed by atoms with Gasteiger partial charge in [0.05, 0.1) is 6.54 Å². The Bertz CT molecular complexity index is 737. The van der Waals surface area contributed by atoms with Crippen LogP contribution in [0.2, 0.25) is 0 Å². The van der Waals surface area contributed by atoms with E-state index in [0.717, 1.165) is 53.8 Å². The normalized spacial score (nSPS) is 18.3. The van der Waals surface area contributed by atoms with Gasteiger partial charge >= 0.3 is 6.09 Å². The number of likely N-dealkylation sites (N-methyl/N-ethyl adjacent to an activating group) is 1. The van der Waals surface area contributed by atoms with E-state index in [1.54, 1.807) is 4.90 Å². The number of piperazine rings is 1. The van der Waals surface area contributed by atoms with Crippen LogP contribution in [0.25, 0.3) is 0 Å². The van der Waals surface area contributed by atoms with Crippen molar-refractivity contribution in [2.24, 2.45) is 0 Å². The van der Waals surface area contributed by atoms with Crippen molar-refractivity contribution < 1.29 is 14.3 Å². The van der Waals surface area contributed by atoms with Crippen molar-refractivity contribution in [2.45, 2.75) is 39.3 Å². The Balaban J connectivity index is 1.74. The van der Waals surface area contributed by atoms with Crippen LogP contribution >= 0.6 is 15.9 Å². The van der Waals surface area contributed by atoms with Crippen LogP contribution < -0.4 is 0 Å². The SMILES string of the molecule is CN1CCN(C(=O)c2cc(Br)c3c(c2)CCN(C(=O)OC(C)(C)C)C3)CC1. The van der Waals surface area contributed by atoms with Gasteiger partial charge in [-0.2, -0.15) is 0 Å². The third-order valence-electron chi connectivity index (χ3n) is 4.98. The van der Waals surface area contributed by atoms with E-state index in [2.05, 4.69) is 27.9 Å². The molecule has 0 saturated carbocycles. The summed E-state index contributed by atoms with van der Waals surface area (Å²) >= 11 is 3.62. The topological polar surface area (TPSA) is 53.1 Å². The van der Waals surface area contributed by atoms with Gasteiger partial charge in [0.15, 0.2) is 0 Å². The molecule has 1 aromatic rings. The molecule has 3 rings (SSSR count). The summed E-state index contributed by atoms with van der Waals surface area (Å²) in [4.78, 5) is 31.1. The second-order valence-corrected chi connectivity index (χ2v) is 9.20. The fourth-order valence-electron chi connectivity index (χ4n) is 3.42. The Morgan fingerprint density at radius 1 is 1.04 bits per heavy atom. The number of benzene rings is 1. The molecule has 1 saturated heterocycles. The van der Waals surface area contributed by atoms with Gasteiger partial charge in [-0.1, -0.05) is 15.9 Å². The van der Waals surface area contributed by atoms with E-state index in [4.69, 9.17) is 4.74 Å². The molecule has 2 amide bonds. The Morgan fingerprint density at radius 2 is 1.70 bits per heavy atom. The van der Waals surface area contributed by atoms with Crippen molar-refractivity contribution in [1.29, 1.82) is 0 Å². The summed E-state index contributed by atoms with van der Waals surface area (Å²) in [7, 11) is 2.08. The van der Waals surface area contributed by atoms with Gasteiger partial charge in [0.1, 0.15) is 5.60 Å². The quantitative estimate of drug-likeness (QED) is 0.676. The third-order valence-corrected chi connectivity index (χ3v) is 5.68. The highest BCUT2D eigenvalue weighted by molar-refractivity contribution is 9.10. The van der Waals surface area contributed by atoms with E-state index in [1.807, 2.05) is 37.8 Å². The van der Waals surface area contributed by atoms with E-state index in [0.29, 0.717) is 13.1 Å². The lowest BCUT2D eigenvalue weighted by Gasteiger charge is -2.34. The molecule has 2 aliphatic heterocycles. The molecule has 27 heavy (non-hydrogen) atoms. The van der Waals surface area contributed by atoms with Gasteiger partial charge in [0.2, 0.25) is 0 Å². The average molecular weight is 438 g/mol. The molecule has 0 radical (unpaired) electrons. The van der Waals surface area contributed by atoms with Crippen molar-refractivity contribution in [1.82, 2.24) is 14.7 Å². The summed E-state index contributed by atoms with van der Waals surface area (Å²) in [5, 5.41) is 0. The maximum absolute atomic E-state index is 12.9. The molecule has 0 atom stereocenters. The fourth-order valence-corrected chi connectivity index (χ4v) is 4.04. The van der Waals surface area contributed by atoms with Crippen LogP contribution in [0.1, 0.15) is 42.3 Å². The van der Waals surface area contributed by atoms with E-state index in [1.165, 1.54) is 0 Å². The van der Waals surface area contributed by atoms with E-state index >= 15 is 0 Å². The van der Waals surface area contributed by atoms with Crippen molar-refractivity contribution in [3.8, 4) is 0 Å². The first-order chi connectivity index (χ1) is 12.6. The smallest absolute Gasteiger partial charge is 0.410 e. The average Bonchev–Trinajstić information content (AvgIpc) is 2.60. The highest BCUT2D eigenvalue weighted by Gasteiger charge is 2.28. The van der Waals surface area contributed by atoms with Crippen LogP contribution in [-0.2, 0) is 17.7 Å². The molecule has 0 aromatic heterocycles. The number of ether oxygens (including phenoxy) is 1. The zero-order valence-corrected chi connectivity index (χ0v) is 18.1. The van der Waals surface area contributed by atoms with Crippen LogP contribution in [0.15, 0.2) is 16.6 Å². The Morgan fingerprint density at radius 3 is 2.33 bits per heavy atom. The molecule has 2 heterocycles. The van der Waals surface area contributed by atoms with Crippen molar-refractivity contribution in [3.63, 3.8) is 0 Å². The van der Waals surface area contributed by atoms with Gasteiger partial charge in [-0.15, -0.1) is 0 Å². The van der Waals surface area contributed by atoms with Gasteiger partial charge in [0, 0.05) is 42.8 Å². The van der Waals surface area contributed by atoms with Gasteiger partial charge in [-0.05, 0) is 57.5 Å². The molecule has 148 valence electrons. The molecule has 0 unspecified atom stereocenters. The van der Waals surface area contributed by atoms with E-state index in [9.17, 15) is 9.59 Å². The highest BCUT2D eigenvalue weighted by Crippen LogP contribution is 2.30. The molecule has 0 N–H and O–H groups in total. The maximum Gasteiger partial charge on any atom is 0.410 e. The second kappa shape index (κ2) is 7.80. The summed E-state index contributed by atoms with van der Waals surface area (Å²) in [6, 6.07) is 3.88. The molecular formula is C20H28BrN3O3. The second-order valence-electron chi connectivity index (χ2n) is 8.34. The van der Waals surface area contributed by atoms with Crippen LogP contribution in [0.4, 0.5) is 4.79 Å². The van der Waals surface area contributed by atoms with Crippen molar-refractivity contribution in [3.05, 3.63) is 33.3 Å². The van der Waals surface area contributed by atoms with Crippen molar-refractivity contribution >= 4 is 27.9 Å². The first-order valence-corrected chi connectivity index (χ1v) is 10.2. The molecule has 0 bridgehead atoms. The Hall–Kier alpha value is -1.60. The summed E-state index contributed by atoms with van der Waals surface area (Å²) < 4.78 is 6.37. The number of fused-ring (bicyclic) bond motifs is 1. The number of rotatable bonds is 1. The molecule has 1 aromatic carbocycles. The first-order valence-electron chi connectivity index (χ1n) is 9.41. The Kier molecular flexibility index (Phi) is 5.82. The maximum atomic E-state index is 12.9. The summed E-state index contributed by atoms with van der Waals surface area (Å²) in [5.41, 5.74) is 2.40. The molecule has 1 fully saturated rings. The zero-order chi connectivity index (χ0) is 19.8. The lowest BCUT2D eigenvalue weighted by atomic mass is 9.97. The molecule has 0 spiro atoms. The van der Waals surface area contributed by atoms with Gasteiger partial charge in [0.25, 0.3) is 5.91 Å². The number of carbonyl (C=O) groups excluding carboxylic acids is 2. The third kappa shape index (κ3) is 4.82. The number of hydrogen-bond donors (Lipinski definition) is 0. The molecule has 2 aliphatic rings. The minimum Gasteiger partial charge on any atom is -0.444 e. The fraction of sp³-hybridized carbons (Fsp3) is 0.600. The molecule has 0 aliphatic carbocycles. The lowest BCUT2D eigenvalue weighted by molar-refractivity contribution is 0.0223. The number of amides is 2. The van der Waals surface area contributed by atoms with E-state index in [-0.39, 0.29) is 12.0 Å². The standard InChI is InChI=1S/C20H28BrN3O3/c1-20(2,3)27-19(26)24-6-5-14-11-15(12-17(21)16(14)13-24)18(25)23-9-7-22(4)8-10-23/h11-12H,5-10,13H2,1-4H3. The van der Waals surface area contributed by atoms with Crippen molar-refractivity contribution in [2.75, 3.05) is 39.8 Å². The van der Waals surface area contributed by atoms with Gasteiger partial charge in [-0.3, -0.25) is 4.79 Å². The minimum absolute atomic E-state index is 0.0844. The minimum atomic E-state index is -0.507. The monoisotopic (exact) mass is 437 g/mol. The number of nitrogens with zero attached hydrogens (tertiary/aromatic N) is 3. The lowest BCUT2D eigenvalue weighted by Crippen LogP contribution is -2.47. The number of hydrogen-bond acceptors (Lipinski definition) is 4. The first kappa shape index (κ1) is 20.1.